The highest BCUT2D eigenvalue weighted by Gasteiger charge is 2.10. The summed E-state index contributed by atoms with van der Waals surface area (Å²) in [5.41, 5.74) is 1.57. The van der Waals surface area contributed by atoms with Gasteiger partial charge in [0.05, 0.1) is 11.1 Å². The normalized spacial score (nSPS) is 10.1. The molecule has 0 aliphatic heterocycles. The summed E-state index contributed by atoms with van der Waals surface area (Å²) in [5.74, 6) is 5.49. The van der Waals surface area contributed by atoms with Gasteiger partial charge >= 0.3 is 0 Å². The molecule has 0 saturated heterocycles. The molecule has 3 heterocycles. The van der Waals surface area contributed by atoms with Crippen molar-refractivity contribution in [2.24, 2.45) is 0 Å². The van der Waals surface area contributed by atoms with Crippen molar-refractivity contribution < 1.29 is 19.1 Å². The fourth-order valence-electron chi connectivity index (χ4n) is 2.95. The topological polar surface area (TPSA) is 115 Å². The number of pyridine rings is 3. The summed E-state index contributed by atoms with van der Waals surface area (Å²) in [5, 5.41) is 6.08. The molecule has 3 aromatic heterocycles. The van der Waals surface area contributed by atoms with Crippen LogP contribution in [0.4, 0.5) is 11.5 Å². The first kappa shape index (κ1) is 22.4. The van der Waals surface area contributed by atoms with E-state index < -0.39 is 5.91 Å². The lowest BCUT2D eigenvalue weighted by Crippen LogP contribution is -2.13. The molecule has 2 N–H and O–H groups in total. The van der Waals surface area contributed by atoms with Crippen molar-refractivity contribution in [1.82, 2.24) is 15.0 Å². The average molecular weight is 453 g/mol. The zero-order chi connectivity index (χ0) is 23.8. The molecule has 0 bridgehead atoms. The average Bonchev–Trinajstić information content (AvgIpc) is 2.85. The van der Waals surface area contributed by atoms with Crippen molar-refractivity contribution in [2.75, 3.05) is 24.4 Å². The van der Waals surface area contributed by atoms with Gasteiger partial charge in [-0.15, -0.1) is 0 Å². The van der Waals surface area contributed by atoms with Crippen LogP contribution in [-0.2, 0) is 9.53 Å². The van der Waals surface area contributed by atoms with Crippen LogP contribution in [0.3, 0.4) is 0 Å². The fraction of sp³-hybridized carbons (Fsp3) is 0.0800. The van der Waals surface area contributed by atoms with Crippen molar-refractivity contribution in [3.8, 4) is 23.5 Å². The number of ether oxygens (including phenoxy) is 2. The highest BCUT2D eigenvalue weighted by Crippen LogP contribution is 2.30. The predicted octanol–water partition coefficient (Wildman–Crippen LogP) is 3.66. The van der Waals surface area contributed by atoms with Crippen molar-refractivity contribution >= 4 is 34.2 Å². The van der Waals surface area contributed by atoms with Gasteiger partial charge < -0.3 is 20.1 Å². The number of benzene rings is 1. The summed E-state index contributed by atoms with van der Waals surface area (Å²) in [4.78, 5) is 37.0. The SMILES string of the molecule is COCC#CC(=O)Nc1ccc2nccc(Oc3ccc(C(=O)Nc4ccccn4)cn3)c2c1. The van der Waals surface area contributed by atoms with E-state index in [-0.39, 0.29) is 12.5 Å². The van der Waals surface area contributed by atoms with Gasteiger partial charge in [0, 0.05) is 42.8 Å². The second-order valence-corrected chi connectivity index (χ2v) is 6.89. The lowest BCUT2D eigenvalue weighted by atomic mass is 10.2. The van der Waals surface area contributed by atoms with Gasteiger partial charge in [-0.3, -0.25) is 14.6 Å². The van der Waals surface area contributed by atoms with E-state index in [0.717, 1.165) is 0 Å². The summed E-state index contributed by atoms with van der Waals surface area (Å²) in [7, 11) is 1.50. The number of nitrogens with one attached hydrogen (secondary N) is 2. The van der Waals surface area contributed by atoms with Crippen LogP contribution >= 0.6 is 0 Å². The number of methoxy groups -OCH3 is 1. The molecule has 2 amide bonds. The lowest BCUT2D eigenvalue weighted by Gasteiger charge is -2.10. The molecule has 0 atom stereocenters. The summed E-state index contributed by atoms with van der Waals surface area (Å²) in [6, 6.07) is 15.4. The Morgan fingerprint density at radius 1 is 0.971 bits per heavy atom. The Balaban J connectivity index is 1.49. The number of amides is 2. The molecule has 1 aromatic carbocycles. The number of fused-ring (bicyclic) bond motifs is 1. The van der Waals surface area contributed by atoms with E-state index in [1.54, 1.807) is 67.0 Å². The first-order valence-corrected chi connectivity index (χ1v) is 10.2. The minimum atomic E-state index is -0.455. The maximum absolute atomic E-state index is 12.4. The zero-order valence-corrected chi connectivity index (χ0v) is 18.1. The maximum Gasteiger partial charge on any atom is 0.300 e. The quantitative estimate of drug-likeness (QED) is 0.428. The van der Waals surface area contributed by atoms with Crippen LogP contribution in [-0.4, -0.2) is 40.5 Å². The molecule has 0 fully saturated rings. The minimum absolute atomic E-state index is 0.170. The van der Waals surface area contributed by atoms with Crippen LogP contribution in [0.1, 0.15) is 10.4 Å². The predicted molar refractivity (Wildman–Crippen MR) is 127 cm³/mol. The van der Waals surface area contributed by atoms with E-state index in [4.69, 9.17) is 9.47 Å². The monoisotopic (exact) mass is 453 g/mol. The standard InChI is InChI=1S/C25H19N5O4/c1-33-14-4-6-23(31)29-18-8-9-20-19(15-18)21(11-13-26-20)34-24-10-7-17(16-28-24)25(32)30-22-5-2-3-12-27-22/h2-3,5,7-13,15-16H,14H2,1H3,(H,29,31)(H,27,30,32). The van der Waals surface area contributed by atoms with Gasteiger partial charge in [-0.05, 0) is 48.4 Å². The van der Waals surface area contributed by atoms with Crippen LogP contribution in [0.5, 0.6) is 11.6 Å². The number of aromatic nitrogens is 3. The van der Waals surface area contributed by atoms with Crippen LogP contribution in [0.2, 0.25) is 0 Å². The van der Waals surface area contributed by atoms with Gasteiger partial charge in [-0.25, -0.2) is 9.97 Å². The highest BCUT2D eigenvalue weighted by molar-refractivity contribution is 6.05. The molecule has 9 nitrogen and oxygen atoms in total. The molecule has 0 radical (unpaired) electrons. The zero-order valence-electron chi connectivity index (χ0n) is 18.1. The van der Waals surface area contributed by atoms with Crippen molar-refractivity contribution in [1.29, 1.82) is 0 Å². The Morgan fingerprint density at radius 3 is 2.65 bits per heavy atom. The fourth-order valence-corrected chi connectivity index (χ4v) is 2.95. The third-order valence-electron chi connectivity index (χ3n) is 4.50. The first-order valence-electron chi connectivity index (χ1n) is 10.2. The number of hydrogen-bond donors (Lipinski definition) is 2. The number of hydrogen-bond acceptors (Lipinski definition) is 7. The molecule has 0 aliphatic rings. The number of rotatable bonds is 6. The van der Waals surface area contributed by atoms with Crippen LogP contribution < -0.4 is 15.4 Å². The van der Waals surface area contributed by atoms with Crippen molar-refractivity contribution in [3.63, 3.8) is 0 Å². The molecule has 9 heteroatoms. The molecule has 34 heavy (non-hydrogen) atoms. The van der Waals surface area contributed by atoms with Gasteiger partial charge in [-0.2, -0.15) is 0 Å². The Labute approximate surface area is 195 Å². The number of carbonyl (C=O) groups is 2. The third-order valence-corrected chi connectivity index (χ3v) is 4.50. The molecule has 0 unspecified atom stereocenters. The van der Waals surface area contributed by atoms with Gasteiger partial charge in [0.1, 0.15) is 18.2 Å². The Hall–Kier alpha value is -4.81. The molecule has 0 saturated carbocycles. The van der Waals surface area contributed by atoms with E-state index in [9.17, 15) is 9.59 Å². The third kappa shape index (κ3) is 5.70. The summed E-state index contributed by atoms with van der Waals surface area (Å²) in [6.07, 6.45) is 4.62. The summed E-state index contributed by atoms with van der Waals surface area (Å²) in [6.45, 7) is 0.170. The van der Waals surface area contributed by atoms with Gasteiger partial charge in [0.2, 0.25) is 5.88 Å². The summed E-state index contributed by atoms with van der Waals surface area (Å²) < 4.78 is 10.7. The Bertz CT molecular complexity index is 1380. The molecule has 168 valence electrons. The molecule has 0 spiro atoms. The Morgan fingerprint density at radius 2 is 1.88 bits per heavy atom. The van der Waals surface area contributed by atoms with E-state index in [1.807, 2.05) is 0 Å². The van der Waals surface area contributed by atoms with E-state index in [0.29, 0.717) is 39.6 Å². The second-order valence-electron chi connectivity index (χ2n) is 6.89. The largest absolute Gasteiger partial charge is 0.438 e. The smallest absolute Gasteiger partial charge is 0.300 e. The van der Waals surface area contributed by atoms with Gasteiger partial charge in [-0.1, -0.05) is 12.0 Å². The lowest BCUT2D eigenvalue weighted by molar-refractivity contribution is -0.111. The van der Waals surface area contributed by atoms with E-state index in [2.05, 4.69) is 37.4 Å². The van der Waals surface area contributed by atoms with Gasteiger partial charge in [0.25, 0.3) is 11.8 Å². The molecular weight excluding hydrogens is 434 g/mol. The Kier molecular flexibility index (Phi) is 7.03. The van der Waals surface area contributed by atoms with Crippen molar-refractivity contribution in [3.05, 3.63) is 78.8 Å². The second kappa shape index (κ2) is 10.7. The molecule has 0 aliphatic carbocycles. The van der Waals surface area contributed by atoms with Crippen LogP contribution in [0.25, 0.3) is 10.9 Å². The van der Waals surface area contributed by atoms with E-state index >= 15 is 0 Å². The number of carbonyl (C=O) groups excluding carboxylic acids is 2. The van der Waals surface area contributed by atoms with Crippen LogP contribution in [0.15, 0.2) is 73.2 Å². The highest BCUT2D eigenvalue weighted by atomic mass is 16.5. The molecule has 4 rings (SSSR count). The molecular formula is C25H19N5O4. The minimum Gasteiger partial charge on any atom is -0.438 e. The first-order chi connectivity index (χ1) is 16.6. The van der Waals surface area contributed by atoms with Gasteiger partial charge in [0.15, 0.2) is 0 Å². The maximum atomic E-state index is 12.4. The summed E-state index contributed by atoms with van der Waals surface area (Å²) >= 11 is 0. The van der Waals surface area contributed by atoms with Crippen LogP contribution in [0, 0.1) is 11.8 Å². The van der Waals surface area contributed by atoms with Crippen molar-refractivity contribution in [2.45, 2.75) is 0 Å². The number of nitrogens with zero attached hydrogens (tertiary/aromatic N) is 3. The molecule has 4 aromatic rings. The van der Waals surface area contributed by atoms with E-state index in [1.165, 1.54) is 13.3 Å². The number of anilines is 2.